The van der Waals surface area contributed by atoms with Crippen LogP contribution in [0.4, 0.5) is 13.2 Å². The Labute approximate surface area is 92.3 Å². The Hall–Kier alpha value is -2.19. The van der Waals surface area contributed by atoms with Crippen molar-refractivity contribution in [3.8, 4) is 5.88 Å². The van der Waals surface area contributed by atoms with Crippen LogP contribution in [0.3, 0.4) is 0 Å². The van der Waals surface area contributed by atoms with Gasteiger partial charge in [0.05, 0.1) is 5.56 Å². The molecule has 1 heterocycles. The van der Waals surface area contributed by atoms with Crippen molar-refractivity contribution in [2.75, 3.05) is 6.61 Å². The number of aromatic nitrogens is 1. The molecule has 0 spiro atoms. The fourth-order valence-corrected chi connectivity index (χ4v) is 0.858. The number of carbonyl (C=O) groups is 1. The Morgan fingerprint density at radius 3 is 2.76 bits per heavy atom. The lowest BCUT2D eigenvalue weighted by Crippen LogP contribution is -2.19. The second-order valence-corrected chi connectivity index (χ2v) is 2.74. The van der Waals surface area contributed by atoms with E-state index in [9.17, 15) is 22.9 Å². The highest BCUT2D eigenvalue weighted by Gasteiger charge is 2.28. The molecule has 0 bridgehead atoms. The van der Waals surface area contributed by atoms with E-state index >= 15 is 0 Å². The lowest BCUT2D eigenvalue weighted by atomic mass is 10.3. The predicted molar refractivity (Wildman–Crippen MR) is 47.0 cm³/mol. The largest absolute Gasteiger partial charge is 0.468 e. The molecule has 1 aromatic heterocycles. The molecule has 0 saturated carbocycles. The van der Waals surface area contributed by atoms with Gasteiger partial charge in [-0.15, -0.1) is 4.91 Å². The molecule has 17 heavy (non-hydrogen) atoms. The first-order valence-corrected chi connectivity index (χ1v) is 4.12. The van der Waals surface area contributed by atoms with Gasteiger partial charge in [-0.3, -0.25) is 4.84 Å². The summed E-state index contributed by atoms with van der Waals surface area (Å²) in [6, 6.07) is 2.03. The second kappa shape index (κ2) is 5.23. The lowest BCUT2D eigenvalue weighted by Gasteiger charge is -2.08. The van der Waals surface area contributed by atoms with Crippen molar-refractivity contribution in [3.63, 3.8) is 0 Å². The van der Waals surface area contributed by atoms with Crippen LogP contribution in [0.2, 0.25) is 0 Å². The third kappa shape index (κ3) is 4.45. The van der Waals surface area contributed by atoms with Gasteiger partial charge in [0, 0.05) is 12.3 Å². The van der Waals surface area contributed by atoms with Crippen molar-refractivity contribution < 1.29 is 27.5 Å². The van der Waals surface area contributed by atoms with Crippen LogP contribution in [0.1, 0.15) is 10.4 Å². The van der Waals surface area contributed by atoms with Crippen LogP contribution in [-0.4, -0.2) is 23.7 Å². The van der Waals surface area contributed by atoms with Crippen LogP contribution in [0.5, 0.6) is 5.88 Å². The summed E-state index contributed by atoms with van der Waals surface area (Å²) in [5, 5.41) is 1.89. The van der Waals surface area contributed by atoms with Gasteiger partial charge >= 0.3 is 12.1 Å². The van der Waals surface area contributed by atoms with E-state index in [1.807, 2.05) is 5.34 Å². The van der Waals surface area contributed by atoms with Crippen LogP contribution >= 0.6 is 0 Å². The maximum Gasteiger partial charge on any atom is 0.422 e. The summed E-state index contributed by atoms with van der Waals surface area (Å²) >= 11 is 0. The molecule has 0 saturated heterocycles. The molecule has 0 fully saturated rings. The van der Waals surface area contributed by atoms with E-state index in [0.29, 0.717) is 0 Å². The van der Waals surface area contributed by atoms with Gasteiger partial charge in [0.1, 0.15) is 0 Å². The number of nitrogens with zero attached hydrogens (tertiary/aromatic N) is 2. The van der Waals surface area contributed by atoms with Crippen molar-refractivity contribution in [2.45, 2.75) is 6.18 Å². The van der Waals surface area contributed by atoms with Crippen LogP contribution < -0.4 is 4.74 Å². The summed E-state index contributed by atoms with van der Waals surface area (Å²) in [4.78, 5) is 27.8. The minimum Gasteiger partial charge on any atom is -0.468 e. The number of hydrogen-bond acceptors (Lipinski definition) is 6. The summed E-state index contributed by atoms with van der Waals surface area (Å²) < 4.78 is 39.7. The fourth-order valence-electron chi connectivity index (χ4n) is 0.858. The first kappa shape index (κ1) is 12.9. The molecular weight excluding hydrogens is 245 g/mol. The molecule has 9 heteroatoms. The molecule has 0 atom stereocenters. The molecule has 0 aliphatic carbocycles. The zero-order valence-electron chi connectivity index (χ0n) is 8.10. The zero-order chi connectivity index (χ0) is 12.9. The Morgan fingerprint density at radius 1 is 1.47 bits per heavy atom. The summed E-state index contributed by atoms with van der Waals surface area (Å²) in [5.41, 5.74) is -0.197. The van der Waals surface area contributed by atoms with Crippen LogP contribution in [0.15, 0.2) is 23.7 Å². The van der Waals surface area contributed by atoms with Crippen LogP contribution in [-0.2, 0) is 4.84 Å². The molecule has 6 nitrogen and oxygen atoms in total. The molecule has 0 aliphatic rings. The summed E-state index contributed by atoms with van der Waals surface area (Å²) in [5.74, 6) is -1.53. The average molecular weight is 250 g/mol. The van der Waals surface area contributed by atoms with E-state index in [0.717, 1.165) is 18.3 Å². The molecule has 0 N–H and O–H groups in total. The first-order valence-electron chi connectivity index (χ1n) is 4.12. The summed E-state index contributed by atoms with van der Waals surface area (Å²) in [7, 11) is 0. The zero-order valence-corrected chi connectivity index (χ0v) is 8.10. The van der Waals surface area contributed by atoms with E-state index < -0.39 is 24.6 Å². The molecular formula is C8H5F3N2O4. The van der Waals surface area contributed by atoms with E-state index in [-0.39, 0.29) is 5.56 Å². The Morgan fingerprint density at radius 2 is 2.18 bits per heavy atom. The van der Waals surface area contributed by atoms with Gasteiger partial charge in [-0.05, 0) is 6.07 Å². The van der Waals surface area contributed by atoms with Gasteiger partial charge in [0.15, 0.2) is 11.9 Å². The molecule has 0 amide bonds. The van der Waals surface area contributed by atoms with Crippen LogP contribution in [0.25, 0.3) is 0 Å². The van der Waals surface area contributed by atoms with E-state index in [2.05, 4.69) is 14.6 Å². The number of carbonyl (C=O) groups excluding carboxylic acids is 1. The quantitative estimate of drug-likeness (QED) is 0.602. The Kier molecular flexibility index (Phi) is 3.96. The van der Waals surface area contributed by atoms with Crippen molar-refractivity contribution in [1.82, 2.24) is 4.98 Å². The highest BCUT2D eigenvalue weighted by Crippen LogP contribution is 2.17. The summed E-state index contributed by atoms with van der Waals surface area (Å²) in [6.45, 7) is -1.54. The molecule has 0 aromatic carbocycles. The fraction of sp³-hybridized carbons (Fsp3) is 0.250. The normalized spacial score (nSPS) is 10.8. The number of pyridine rings is 1. The average Bonchev–Trinajstić information content (AvgIpc) is 2.26. The minimum absolute atomic E-state index is 0.197. The van der Waals surface area contributed by atoms with Crippen molar-refractivity contribution in [1.29, 1.82) is 0 Å². The van der Waals surface area contributed by atoms with Gasteiger partial charge in [-0.25, -0.2) is 9.78 Å². The molecule has 0 aliphatic heterocycles. The Balaban J connectivity index is 2.72. The number of rotatable bonds is 4. The Bertz CT molecular complexity index is 421. The second-order valence-electron chi connectivity index (χ2n) is 2.74. The third-order valence-corrected chi connectivity index (χ3v) is 1.47. The number of halogens is 3. The van der Waals surface area contributed by atoms with Crippen molar-refractivity contribution in [2.24, 2.45) is 5.34 Å². The van der Waals surface area contributed by atoms with Gasteiger partial charge in [0.2, 0.25) is 5.88 Å². The lowest BCUT2D eigenvalue weighted by molar-refractivity contribution is -0.154. The molecule has 1 aromatic rings. The molecule has 0 unspecified atom stereocenters. The number of hydrogen-bond donors (Lipinski definition) is 0. The van der Waals surface area contributed by atoms with Crippen LogP contribution in [0, 0.1) is 4.91 Å². The van der Waals surface area contributed by atoms with Crippen molar-refractivity contribution >= 4 is 5.97 Å². The topological polar surface area (TPSA) is 77.9 Å². The van der Waals surface area contributed by atoms with E-state index in [1.165, 1.54) is 0 Å². The van der Waals surface area contributed by atoms with Gasteiger partial charge < -0.3 is 4.74 Å². The highest BCUT2D eigenvalue weighted by molar-refractivity contribution is 5.89. The van der Waals surface area contributed by atoms with E-state index in [4.69, 9.17) is 0 Å². The predicted octanol–water partition coefficient (Wildman–Crippen LogP) is 1.86. The monoisotopic (exact) mass is 250 g/mol. The third-order valence-electron chi connectivity index (χ3n) is 1.47. The minimum atomic E-state index is -4.51. The van der Waals surface area contributed by atoms with Crippen molar-refractivity contribution in [3.05, 3.63) is 28.8 Å². The number of alkyl halides is 3. The first-order chi connectivity index (χ1) is 7.92. The molecule has 0 radical (unpaired) electrons. The maximum absolute atomic E-state index is 11.8. The standard InChI is InChI=1S/C8H5F3N2O4/c9-8(10,11)4-16-6-3-5(1-2-12-6)7(14)17-13-15/h1-3H,4H2. The van der Waals surface area contributed by atoms with Gasteiger partial charge in [0.25, 0.3) is 0 Å². The maximum atomic E-state index is 11.8. The molecule has 92 valence electrons. The van der Waals surface area contributed by atoms with Gasteiger partial charge in [-0.1, -0.05) is 0 Å². The van der Waals surface area contributed by atoms with Gasteiger partial charge in [-0.2, -0.15) is 13.2 Å². The smallest absolute Gasteiger partial charge is 0.422 e. The molecule has 1 rings (SSSR count). The van der Waals surface area contributed by atoms with E-state index in [1.54, 1.807) is 0 Å². The summed E-state index contributed by atoms with van der Waals surface area (Å²) in [6.07, 6.45) is -3.48. The number of ether oxygens (including phenoxy) is 1. The highest BCUT2D eigenvalue weighted by atomic mass is 19.4. The SMILES string of the molecule is O=NOC(=O)c1ccnc(OCC(F)(F)F)c1.